The number of amides is 2. The molecular formula is C20H20N4O4. The van der Waals surface area contributed by atoms with Gasteiger partial charge in [0.2, 0.25) is 23.6 Å². The fourth-order valence-electron chi connectivity index (χ4n) is 2.51. The SMILES string of the molecule is COc1cccc(-c2nnc(CCC(=O)Nc3ccc(NC(C)=O)cc3)o2)c1. The highest BCUT2D eigenvalue weighted by Crippen LogP contribution is 2.23. The van der Waals surface area contributed by atoms with E-state index >= 15 is 0 Å². The Hall–Kier alpha value is -3.68. The maximum atomic E-state index is 12.1. The highest BCUT2D eigenvalue weighted by atomic mass is 16.5. The van der Waals surface area contributed by atoms with Crippen LogP contribution in [0.15, 0.2) is 52.9 Å². The number of rotatable bonds is 7. The number of benzene rings is 2. The number of carbonyl (C=O) groups excluding carboxylic acids is 2. The molecule has 3 aromatic rings. The van der Waals surface area contributed by atoms with Crippen LogP contribution in [0, 0.1) is 0 Å². The third-order valence-corrected chi connectivity index (χ3v) is 3.84. The summed E-state index contributed by atoms with van der Waals surface area (Å²) < 4.78 is 10.8. The van der Waals surface area contributed by atoms with Gasteiger partial charge in [0, 0.05) is 36.7 Å². The van der Waals surface area contributed by atoms with Crippen molar-refractivity contribution in [3.05, 3.63) is 54.4 Å². The molecule has 2 N–H and O–H groups in total. The molecule has 0 aliphatic heterocycles. The van der Waals surface area contributed by atoms with Gasteiger partial charge in [0.15, 0.2) is 0 Å². The molecule has 8 heteroatoms. The van der Waals surface area contributed by atoms with Crippen molar-refractivity contribution in [2.75, 3.05) is 17.7 Å². The van der Waals surface area contributed by atoms with E-state index in [9.17, 15) is 9.59 Å². The first kappa shape index (κ1) is 19.1. The van der Waals surface area contributed by atoms with Crippen LogP contribution in [0.2, 0.25) is 0 Å². The summed E-state index contributed by atoms with van der Waals surface area (Å²) in [5.41, 5.74) is 2.06. The highest BCUT2D eigenvalue weighted by Gasteiger charge is 2.11. The number of hydrogen-bond acceptors (Lipinski definition) is 6. The number of nitrogens with zero attached hydrogens (tertiary/aromatic N) is 2. The first-order valence-electron chi connectivity index (χ1n) is 8.68. The van der Waals surface area contributed by atoms with Crippen LogP contribution in [0.4, 0.5) is 11.4 Å². The largest absolute Gasteiger partial charge is 0.497 e. The summed E-state index contributed by atoms with van der Waals surface area (Å²) >= 11 is 0. The van der Waals surface area contributed by atoms with E-state index in [4.69, 9.17) is 9.15 Å². The van der Waals surface area contributed by atoms with E-state index in [1.54, 1.807) is 37.4 Å². The molecule has 0 saturated carbocycles. The number of carbonyl (C=O) groups is 2. The third kappa shape index (κ3) is 5.16. The Labute approximate surface area is 161 Å². The molecule has 1 aromatic heterocycles. The van der Waals surface area contributed by atoms with E-state index in [1.807, 2.05) is 18.2 Å². The molecule has 0 atom stereocenters. The second kappa shape index (κ2) is 8.81. The van der Waals surface area contributed by atoms with Crippen molar-refractivity contribution in [2.45, 2.75) is 19.8 Å². The Morgan fingerprint density at radius 2 is 1.75 bits per heavy atom. The van der Waals surface area contributed by atoms with E-state index in [0.29, 0.717) is 35.3 Å². The van der Waals surface area contributed by atoms with Gasteiger partial charge in [-0.25, -0.2) is 0 Å². The normalized spacial score (nSPS) is 10.4. The molecule has 2 aromatic carbocycles. The molecule has 1 heterocycles. The molecule has 0 radical (unpaired) electrons. The molecule has 0 fully saturated rings. The molecule has 0 aliphatic rings. The van der Waals surface area contributed by atoms with Crippen LogP contribution in [0.5, 0.6) is 5.75 Å². The monoisotopic (exact) mass is 380 g/mol. The average molecular weight is 380 g/mol. The van der Waals surface area contributed by atoms with Crippen molar-refractivity contribution in [2.24, 2.45) is 0 Å². The van der Waals surface area contributed by atoms with Gasteiger partial charge in [0.25, 0.3) is 0 Å². The van der Waals surface area contributed by atoms with Crippen LogP contribution in [0.3, 0.4) is 0 Å². The second-order valence-electron chi connectivity index (χ2n) is 6.04. The maximum absolute atomic E-state index is 12.1. The Morgan fingerprint density at radius 1 is 1.04 bits per heavy atom. The first-order chi connectivity index (χ1) is 13.5. The lowest BCUT2D eigenvalue weighted by molar-refractivity contribution is -0.116. The summed E-state index contributed by atoms with van der Waals surface area (Å²) in [5, 5.41) is 13.5. The molecule has 3 rings (SSSR count). The molecule has 28 heavy (non-hydrogen) atoms. The second-order valence-corrected chi connectivity index (χ2v) is 6.04. The first-order valence-corrected chi connectivity index (χ1v) is 8.68. The zero-order valence-electron chi connectivity index (χ0n) is 15.6. The topological polar surface area (TPSA) is 106 Å². The van der Waals surface area contributed by atoms with Gasteiger partial charge < -0.3 is 19.8 Å². The number of nitrogens with one attached hydrogen (secondary N) is 2. The van der Waals surface area contributed by atoms with Gasteiger partial charge in [-0.1, -0.05) is 6.07 Å². The molecule has 0 unspecified atom stereocenters. The minimum absolute atomic E-state index is 0.148. The summed E-state index contributed by atoms with van der Waals surface area (Å²) in [7, 11) is 1.59. The lowest BCUT2D eigenvalue weighted by Gasteiger charge is -2.06. The molecule has 8 nitrogen and oxygen atoms in total. The summed E-state index contributed by atoms with van der Waals surface area (Å²) in [6, 6.07) is 14.2. The predicted octanol–water partition coefficient (Wildman–Crippen LogP) is 3.27. The molecule has 144 valence electrons. The maximum Gasteiger partial charge on any atom is 0.247 e. The van der Waals surface area contributed by atoms with Crippen molar-refractivity contribution >= 4 is 23.2 Å². The lowest BCUT2D eigenvalue weighted by Crippen LogP contribution is -2.12. The van der Waals surface area contributed by atoms with Crippen molar-refractivity contribution in [3.8, 4) is 17.2 Å². The van der Waals surface area contributed by atoms with Gasteiger partial charge >= 0.3 is 0 Å². The summed E-state index contributed by atoms with van der Waals surface area (Å²) in [5.74, 6) is 1.14. The Kier molecular flexibility index (Phi) is 6.01. The van der Waals surface area contributed by atoms with Crippen molar-refractivity contribution in [1.82, 2.24) is 10.2 Å². The number of aryl methyl sites for hydroxylation is 1. The fraction of sp³-hybridized carbons (Fsp3) is 0.200. The van der Waals surface area contributed by atoms with Gasteiger partial charge in [-0.3, -0.25) is 9.59 Å². The average Bonchev–Trinajstić information content (AvgIpc) is 3.17. The van der Waals surface area contributed by atoms with Crippen LogP contribution >= 0.6 is 0 Å². The molecule has 0 bridgehead atoms. The lowest BCUT2D eigenvalue weighted by atomic mass is 10.2. The zero-order chi connectivity index (χ0) is 19.9. The van der Waals surface area contributed by atoms with Gasteiger partial charge in [0.1, 0.15) is 5.75 Å². The van der Waals surface area contributed by atoms with E-state index in [-0.39, 0.29) is 18.2 Å². The zero-order valence-corrected chi connectivity index (χ0v) is 15.6. The minimum Gasteiger partial charge on any atom is -0.497 e. The van der Waals surface area contributed by atoms with Gasteiger partial charge in [-0.15, -0.1) is 10.2 Å². The van der Waals surface area contributed by atoms with Crippen LogP contribution in [-0.4, -0.2) is 29.1 Å². The Morgan fingerprint density at radius 3 is 2.43 bits per heavy atom. The predicted molar refractivity (Wildman–Crippen MR) is 104 cm³/mol. The Bertz CT molecular complexity index is 966. The summed E-state index contributed by atoms with van der Waals surface area (Å²) in [6.45, 7) is 1.44. The number of aromatic nitrogens is 2. The fourth-order valence-corrected chi connectivity index (χ4v) is 2.51. The highest BCUT2D eigenvalue weighted by molar-refractivity contribution is 5.92. The van der Waals surface area contributed by atoms with Gasteiger partial charge in [-0.2, -0.15) is 0 Å². The molecular weight excluding hydrogens is 360 g/mol. The van der Waals surface area contributed by atoms with Gasteiger partial charge in [0.05, 0.1) is 7.11 Å². The quantitative estimate of drug-likeness (QED) is 0.651. The van der Waals surface area contributed by atoms with Crippen LogP contribution in [0.1, 0.15) is 19.2 Å². The van der Waals surface area contributed by atoms with Gasteiger partial charge in [-0.05, 0) is 42.5 Å². The number of methoxy groups -OCH3 is 1. The van der Waals surface area contributed by atoms with E-state index in [1.165, 1.54) is 6.92 Å². The van der Waals surface area contributed by atoms with Crippen molar-refractivity contribution < 1.29 is 18.7 Å². The minimum atomic E-state index is -0.173. The summed E-state index contributed by atoms with van der Waals surface area (Å²) in [4.78, 5) is 23.1. The summed E-state index contributed by atoms with van der Waals surface area (Å²) in [6.07, 6.45) is 0.528. The number of anilines is 2. The van der Waals surface area contributed by atoms with Crippen molar-refractivity contribution in [1.29, 1.82) is 0 Å². The molecule has 0 spiro atoms. The van der Waals surface area contributed by atoms with E-state index < -0.39 is 0 Å². The molecule has 0 saturated heterocycles. The van der Waals surface area contributed by atoms with Crippen LogP contribution in [0.25, 0.3) is 11.5 Å². The molecule has 2 amide bonds. The number of hydrogen-bond donors (Lipinski definition) is 2. The Balaban J connectivity index is 1.53. The van der Waals surface area contributed by atoms with Crippen LogP contribution < -0.4 is 15.4 Å². The molecule has 0 aliphatic carbocycles. The number of ether oxygens (including phenoxy) is 1. The smallest absolute Gasteiger partial charge is 0.247 e. The van der Waals surface area contributed by atoms with E-state index in [0.717, 1.165) is 5.56 Å². The standard InChI is InChI=1S/C20H20N4O4/c1-13(25)21-15-6-8-16(9-7-15)22-18(26)10-11-19-23-24-20(28-19)14-4-3-5-17(12-14)27-2/h3-9,12H,10-11H2,1-2H3,(H,21,25)(H,22,26). The van der Waals surface area contributed by atoms with Crippen LogP contribution in [-0.2, 0) is 16.0 Å². The van der Waals surface area contributed by atoms with E-state index in [2.05, 4.69) is 20.8 Å². The third-order valence-electron chi connectivity index (χ3n) is 3.84. The van der Waals surface area contributed by atoms with Crippen molar-refractivity contribution in [3.63, 3.8) is 0 Å².